The van der Waals surface area contributed by atoms with Gasteiger partial charge >= 0.3 is 5.97 Å². The summed E-state index contributed by atoms with van der Waals surface area (Å²) >= 11 is 6.39. The van der Waals surface area contributed by atoms with Crippen molar-refractivity contribution in [3.05, 3.63) is 52.4 Å². The summed E-state index contributed by atoms with van der Waals surface area (Å²) in [6, 6.07) is 6.07. The number of methoxy groups -OCH3 is 1. The van der Waals surface area contributed by atoms with E-state index in [1.807, 2.05) is 36.9 Å². The molecule has 0 spiro atoms. The molecule has 23 heavy (non-hydrogen) atoms. The van der Waals surface area contributed by atoms with Crippen LogP contribution in [0.4, 0.5) is 0 Å². The first kappa shape index (κ1) is 15.6. The smallest absolute Gasteiger partial charge is 0.340 e. The number of esters is 1. The molecule has 0 saturated heterocycles. The lowest BCUT2D eigenvalue weighted by atomic mass is 10.0. The molecule has 0 radical (unpaired) electrons. The van der Waals surface area contributed by atoms with Crippen molar-refractivity contribution in [2.75, 3.05) is 7.11 Å². The number of aryl methyl sites for hydroxylation is 3. The predicted octanol–water partition coefficient (Wildman–Crippen LogP) is 4.30. The van der Waals surface area contributed by atoms with Gasteiger partial charge in [-0.05, 0) is 43.2 Å². The summed E-state index contributed by atoms with van der Waals surface area (Å²) in [7, 11) is 3.22. The van der Waals surface area contributed by atoms with Gasteiger partial charge in [0.2, 0.25) is 0 Å². The fourth-order valence-electron chi connectivity index (χ4n) is 2.68. The Hall–Kier alpha value is -2.33. The Bertz CT molecular complexity index is 928. The van der Waals surface area contributed by atoms with Crippen LogP contribution in [0.15, 0.2) is 30.6 Å². The number of rotatable bonds is 2. The second-order valence-electron chi connectivity index (χ2n) is 5.70. The summed E-state index contributed by atoms with van der Waals surface area (Å²) in [5, 5.41) is 1.37. The van der Waals surface area contributed by atoms with Crippen molar-refractivity contribution in [2.45, 2.75) is 13.8 Å². The summed E-state index contributed by atoms with van der Waals surface area (Å²) < 4.78 is 6.67. The van der Waals surface area contributed by atoms with Crippen LogP contribution in [0.3, 0.4) is 0 Å². The van der Waals surface area contributed by atoms with Gasteiger partial charge in [0, 0.05) is 36.0 Å². The highest BCUT2D eigenvalue weighted by Crippen LogP contribution is 2.33. The molecule has 1 aromatic carbocycles. The summed E-state index contributed by atoms with van der Waals surface area (Å²) in [5.74, 6) is -0.392. The minimum atomic E-state index is -0.392. The predicted molar refractivity (Wildman–Crippen MR) is 92.0 cm³/mol. The van der Waals surface area contributed by atoms with Crippen LogP contribution < -0.4 is 0 Å². The zero-order valence-corrected chi connectivity index (χ0v) is 14.2. The highest BCUT2D eigenvalue weighted by Gasteiger charge is 2.19. The van der Waals surface area contributed by atoms with E-state index < -0.39 is 5.97 Å². The van der Waals surface area contributed by atoms with Gasteiger partial charge in [0.25, 0.3) is 0 Å². The quantitative estimate of drug-likeness (QED) is 0.520. The zero-order chi connectivity index (χ0) is 16.7. The van der Waals surface area contributed by atoms with Crippen LogP contribution in [-0.2, 0) is 11.8 Å². The molecule has 0 fully saturated rings. The molecule has 2 heterocycles. The molecule has 0 unspecified atom stereocenters. The highest BCUT2D eigenvalue weighted by atomic mass is 35.5. The number of nitrogens with zero attached hydrogens (tertiary/aromatic N) is 2. The van der Waals surface area contributed by atoms with Gasteiger partial charge in [-0.1, -0.05) is 11.6 Å². The number of halogens is 1. The lowest BCUT2D eigenvalue weighted by molar-refractivity contribution is 0.0601. The average Bonchev–Trinajstić information content (AvgIpc) is 2.89. The van der Waals surface area contributed by atoms with Gasteiger partial charge in [0.05, 0.1) is 18.2 Å². The van der Waals surface area contributed by atoms with Gasteiger partial charge in [-0.3, -0.25) is 0 Å². The van der Waals surface area contributed by atoms with Gasteiger partial charge in [0.1, 0.15) is 5.15 Å². The first-order valence-electron chi connectivity index (χ1n) is 7.23. The second kappa shape index (κ2) is 5.70. The van der Waals surface area contributed by atoms with E-state index in [4.69, 9.17) is 16.3 Å². The van der Waals surface area contributed by atoms with Gasteiger partial charge in [-0.15, -0.1) is 0 Å². The van der Waals surface area contributed by atoms with Crippen molar-refractivity contribution < 1.29 is 9.53 Å². The van der Waals surface area contributed by atoms with Gasteiger partial charge in [0.15, 0.2) is 0 Å². The topological polar surface area (TPSA) is 44.1 Å². The lowest BCUT2D eigenvalue weighted by Gasteiger charge is -2.09. The first-order chi connectivity index (χ1) is 10.9. The van der Waals surface area contributed by atoms with Crippen LogP contribution in [0.5, 0.6) is 0 Å². The second-order valence-corrected chi connectivity index (χ2v) is 6.06. The molecule has 4 nitrogen and oxygen atoms in total. The maximum atomic E-state index is 12.0. The number of ether oxygens (including phenoxy) is 1. The van der Waals surface area contributed by atoms with Crippen LogP contribution in [-0.4, -0.2) is 22.6 Å². The number of carbonyl (C=O) groups is 1. The Kier molecular flexibility index (Phi) is 3.86. The van der Waals surface area contributed by atoms with E-state index >= 15 is 0 Å². The van der Waals surface area contributed by atoms with Crippen molar-refractivity contribution in [2.24, 2.45) is 7.05 Å². The van der Waals surface area contributed by atoms with E-state index in [0.717, 1.165) is 22.0 Å². The van der Waals surface area contributed by atoms with Crippen molar-refractivity contribution in [3.63, 3.8) is 0 Å². The Morgan fingerprint density at radius 2 is 1.83 bits per heavy atom. The van der Waals surface area contributed by atoms with Crippen LogP contribution in [0, 0.1) is 13.8 Å². The van der Waals surface area contributed by atoms with Crippen LogP contribution >= 0.6 is 11.6 Å². The third kappa shape index (κ3) is 2.70. The molecule has 118 valence electrons. The van der Waals surface area contributed by atoms with Gasteiger partial charge in [-0.25, -0.2) is 9.78 Å². The SMILES string of the molecule is COC(=O)c1cn(C)cc1-c1cc2cc(C)c(C)cc2nc1Cl. The number of benzene rings is 1. The van der Waals surface area contributed by atoms with Crippen LogP contribution in [0.1, 0.15) is 21.5 Å². The standard InChI is InChI=1S/C18H17ClN2O2/c1-10-5-12-7-13(17(19)20-16(12)6-11(10)2)14-8-21(3)9-15(14)18(22)23-4/h5-9H,1-4H3. The maximum Gasteiger partial charge on any atom is 0.340 e. The summed E-state index contributed by atoms with van der Waals surface area (Å²) in [4.78, 5) is 16.5. The minimum absolute atomic E-state index is 0.372. The maximum absolute atomic E-state index is 12.0. The molecule has 0 atom stereocenters. The van der Waals surface area contributed by atoms with Crippen molar-refractivity contribution >= 4 is 28.5 Å². The highest BCUT2D eigenvalue weighted by molar-refractivity contribution is 6.33. The zero-order valence-electron chi connectivity index (χ0n) is 13.5. The van der Waals surface area contributed by atoms with Crippen LogP contribution in [0.25, 0.3) is 22.0 Å². The molecule has 0 amide bonds. The Morgan fingerprint density at radius 1 is 1.13 bits per heavy atom. The molecule has 5 heteroatoms. The molecule has 3 aromatic rings. The molecular formula is C18H17ClN2O2. The largest absolute Gasteiger partial charge is 0.465 e. The van der Waals surface area contributed by atoms with E-state index in [0.29, 0.717) is 10.7 Å². The van der Waals surface area contributed by atoms with E-state index in [1.165, 1.54) is 18.2 Å². The fourth-order valence-corrected chi connectivity index (χ4v) is 2.92. The van der Waals surface area contributed by atoms with E-state index in [9.17, 15) is 4.79 Å². The Labute approximate surface area is 139 Å². The molecule has 3 rings (SSSR count). The number of carbonyl (C=O) groups excluding carboxylic acids is 1. The van der Waals surface area contributed by atoms with Gasteiger partial charge < -0.3 is 9.30 Å². The normalized spacial score (nSPS) is 11.0. The molecule has 2 aromatic heterocycles. The number of hydrogen-bond acceptors (Lipinski definition) is 3. The number of hydrogen-bond donors (Lipinski definition) is 0. The molecule has 0 aliphatic rings. The lowest BCUT2D eigenvalue weighted by Crippen LogP contribution is -2.01. The van der Waals surface area contributed by atoms with Crippen molar-refractivity contribution in [3.8, 4) is 11.1 Å². The minimum Gasteiger partial charge on any atom is -0.465 e. The summed E-state index contributed by atoms with van der Waals surface area (Å²) in [6.45, 7) is 4.11. The third-order valence-corrected chi connectivity index (χ3v) is 4.32. The molecule has 0 saturated carbocycles. The molecule has 0 N–H and O–H groups in total. The van der Waals surface area contributed by atoms with Gasteiger partial charge in [-0.2, -0.15) is 0 Å². The molecule has 0 aliphatic heterocycles. The first-order valence-corrected chi connectivity index (χ1v) is 7.60. The molecule has 0 bridgehead atoms. The molecular weight excluding hydrogens is 312 g/mol. The third-order valence-electron chi connectivity index (χ3n) is 4.03. The van der Waals surface area contributed by atoms with E-state index in [-0.39, 0.29) is 0 Å². The molecule has 0 aliphatic carbocycles. The average molecular weight is 329 g/mol. The summed E-state index contributed by atoms with van der Waals surface area (Å²) in [5.41, 5.74) is 5.12. The van der Waals surface area contributed by atoms with E-state index in [2.05, 4.69) is 18.0 Å². The Balaban J connectivity index is 2.26. The summed E-state index contributed by atoms with van der Waals surface area (Å²) in [6.07, 6.45) is 3.57. The van der Waals surface area contributed by atoms with Crippen molar-refractivity contribution in [1.29, 1.82) is 0 Å². The van der Waals surface area contributed by atoms with E-state index in [1.54, 1.807) is 6.20 Å². The monoisotopic (exact) mass is 328 g/mol. The number of aromatic nitrogens is 2. The number of pyridine rings is 1. The Morgan fingerprint density at radius 3 is 2.52 bits per heavy atom. The fraction of sp³-hybridized carbons (Fsp3) is 0.222. The number of fused-ring (bicyclic) bond motifs is 1. The van der Waals surface area contributed by atoms with Crippen LogP contribution in [0.2, 0.25) is 5.15 Å². The van der Waals surface area contributed by atoms with Crippen molar-refractivity contribution in [1.82, 2.24) is 9.55 Å².